The summed E-state index contributed by atoms with van der Waals surface area (Å²) in [6.07, 6.45) is 2.33. The highest BCUT2D eigenvalue weighted by molar-refractivity contribution is 5.92. The number of nitrogens with zero attached hydrogens (tertiary/aromatic N) is 2. The van der Waals surface area contributed by atoms with Crippen LogP contribution in [0, 0.1) is 0 Å². The number of hydrogen-bond acceptors (Lipinski definition) is 4. The second kappa shape index (κ2) is 3.73. The Balaban J connectivity index is 2.84. The van der Waals surface area contributed by atoms with Gasteiger partial charge in [-0.15, -0.1) is 0 Å². The standard InChI is InChI=1S/C11H13N3O/c1-3-7-4-8(15)5-9-10(7)11(12-2)14-6-13-9/h4-6,15H,3H2,1-2H3,(H,12,13,14). The molecule has 4 nitrogen and oxygen atoms in total. The van der Waals surface area contributed by atoms with Crippen LogP contribution in [0.3, 0.4) is 0 Å². The largest absolute Gasteiger partial charge is 0.508 e. The second-order valence-electron chi connectivity index (χ2n) is 3.32. The summed E-state index contributed by atoms with van der Waals surface area (Å²) in [5.41, 5.74) is 1.82. The summed E-state index contributed by atoms with van der Waals surface area (Å²) < 4.78 is 0. The Morgan fingerprint density at radius 1 is 1.33 bits per heavy atom. The number of phenols is 1. The van der Waals surface area contributed by atoms with Gasteiger partial charge in [0, 0.05) is 18.5 Å². The first-order chi connectivity index (χ1) is 7.26. The highest BCUT2D eigenvalue weighted by Crippen LogP contribution is 2.27. The second-order valence-corrected chi connectivity index (χ2v) is 3.32. The van der Waals surface area contributed by atoms with Gasteiger partial charge in [-0.3, -0.25) is 0 Å². The lowest BCUT2D eigenvalue weighted by Gasteiger charge is -2.08. The van der Waals surface area contributed by atoms with Crippen LogP contribution in [-0.2, 0) is 6.42 Å². The molecule has 4 heteroatoms. The smallest absolute Gasteiger partial charge is 0.137 e. The fraction of sp³-hybridized carbons (Fsp3) is 0.273. The van der Waals surface area contributed by atoms with Gasteiger partial charge in [0.05, 0.1) is 5.52 Å². The van der Waals surface area contributed by atoms with Crippen LogP contribution in [0.2, 0.25) is 0 Å². The van der Waals surface area contributed by atoms with Crippen molar-refractivity contribution in [1.29, 1.82) is 0 Å². The molecule has 1 heterocycles. The third-order valence-electron chi connectivity index (χ3n) is 2.42. The van der Waals surface area contributed by atoms with Gasteiger partial charge in [-0.2, -0.15) is 0 Å². The van der Waals surface area contributed by atoms with Crippen LogP contribution in [0.5, 0.6) is 5.75 Å². The molecule has 0 aliphatic heterocycles. The minimum absolute atomic E-state index is 0.250. The van der Waals surface area contributed by atoms with Gasteiger partial charge in [-0.05, 0) is 18.1 Å². The Morgan fingerprint density at radius 2 is 2.13 bits per heavy atom. The molecule has 0 radical (unpaired) electrons. The van der Waals surface area contributed by atoms with Crippen LogP contribution < -0.4 is 5.32 Å². The van der Waals surface area contributed by atoms with E-state index >= 15 is 0 Å². The number of phenolic OH excluding ortho intramolecular Hbond substituents is 1. The Bertz CT molecular complexity index is 496. The summed E-state index contributed by atoms with van der Waals surface area (Å²) in [4.78, 5) is 8.31. The van der Waals surface area contributed by atoms with Gasteiger partial charge in [0.25, 0.3) is 0 Å². The number of fused-ring (bicyclic) bond motifs is 1. The van der Waals surface area contributed by atoms with Crippen molar-refractivity contribution in [2.75, 3.05) is 12.4 Å². The molecule has 0 bridgehead atoms. The maximum atomic E-state index is 9.52. The lowest BCUT2D eigenvalue weighted by molar-refractivity contribution is 0.475. The van der Waals surface area contributed by atoms with E-state index in [-0.39, 0.29) is 5.75 Å². The van der Waals surface area contributed by atoms with Crippen LogP contribution in [0.1, 0.15) is 12.5 Å². The zero-order valence-electron chi connectivity index (χ0n) is 8.78. The van der Waals surface area contributed by atoms with Crippen molar-refractivity contribution in [2.24, 2.45) is 0 Å². The van der Waals surface area contributed by atoms with Crippen molar-refractivity contribution < 1.29 is 5.11 Å². The number of anilines is 1. The molecule has 2 rings (SSSR count). The molecule has 1 aromatic heterocycles. The monoisotopic (exact) mass is 203 g/mol. The van der Waals surface area contributed by atoms with Gasteiger partial charge in [0.1, 0.15) is 17.9 Å². The maximum Gasteiger partial charge on any atom is 0.137 e. The van der Waals surface area contributed by atoms with Crippen molar-refractivity contribution in [3.05, 3.63) is 24.0 Å². The molecule has 0 aliphatic carbocycles. The van der Waals surface area contributed by atoms with E-state index in [9.17, 15) is 5.11 Å². The molecule has 0 aliphatic rings. The van der Waals surface area contributed by atoms with E-state index in [1.54, 1.807) is 12.1 Å². The lowest BCUT2D eigenvalue weighted by atomic mass is 10.1. The molecule has 0 amide bonds. The fourth-order valence-electron chi connectivity index (χ4n) is 1.73. The average molecular weight is 203 g/mol. The number of aromatic nitrogens is 2. The highest BCUT2D eigenvalue weighted by Gasteiger charge is 2.08. The third kappa shape index (κ3) is 1.58. The summed E-state index contributed by atoms with van der Waals surface area (Å²) in [5, 5.41) is 13.5. The maximum absolute atomic E-state index is 9.52. The zero-order valence-corrected chi connectivity index (χ0v) is 8.78. The van der Waals surface area contributed by atoms with Gasteiger partial charge < -0.3 is 10.4 Å². The number of hydrogen-bond donors (Lipinski definition) is 2. The SMILES string of the molecule is CCc1cc(O)cc2ncnc(NC)c12. The van der Waals surface area contributed by atoms with Gasteiger partial charge in [0.2, 0.25) is 0 Å². The molecular formula is C11H13N3O. The fourth-order valence-corrected chi connectivity index (χ4v) is 1.73. The van der Waals surface area contributed by atoms with E-state index in [0.29, 0.717) is 0 Å². The third-order valence-corrected chi connectivity index (χ3v) is 2.42. The quantitative estimate of drug-likeness (QED) is 0.783. The first kappa shape index (κ1) is 9.71. The van der Waals surface area contributed by atoms with Gasteiger partial charge in [0.15, 0.2) is 0 Å². The van der Waals surface area contributed by atoms with Crippen LogP contribution in [0.25, 0.3) is 10.9 Å². The Hall–Kier alpha value is -1.84. The first-order valence-electron chi connectivity index (χ1n) is 4.90. The molecule has 0 saturated heterocycles. The summed E-state index contributed by atoms with van der Waals surface area (Å²) in [6, 6.07) is 3.41. The molecule has 0 atom stereocenters. The summed E-state index contributed by atoms with van der Waals surface area (Å²) in [7, 11) is 1.83. The van der Waals surface area contributed by atoms with Crippen LogP contribution in [0.4, 0.5) is 5.82 Å². The minimum Gasteiger partial charge on any atom is -0.508 e. The van der Waals surface area contributed by atoms with Crippen LogP contribution >= 0.6 is 0 Å². The number of rotatable bonds is 2. The topological polar surface area (TPSA) is 58.0 Å². The normalized spacial score (nSPS) is 10.5. The van der Waals surface area contributed by atoms with Crippen molar-refractivity contribution in [1.82, 2.24) is 9.97 Å². The molecule has 0 fully saturated rings. The first-order valence-corrected chi connectivity index (χ1v) is 4.90. The number of aryl methyl sites for hydroxylation is 1. The van der Waals surface area contributed by atoms with Gasteiger partial charge in [-0.25, -0.2) is 9.97 Å². The molecule has 2 N–H and O–H groups in total. The number of aromatic hydroxyl groups is 1. The summed E-state index contributed by atoms with van der Waals surface area (Å²) in [5.74, 6) is 1.05. The molecule has 0 saturated carbocycles. The zero-order chi connectivity index (χ0) is 10.8. The van der Waals surface area contributed by atoms with E-state index in [1.807, 2.05) is 14.0 Å². The Morgan fingerprint density at radius 3 is 2.80 bits per heavy atom. The number of benzene rings is 1. The lowest BCUT2D eigenvalue weighted by Crippen LogP contribution is -1.97. The van der Waals surface area contributed by atoms with Crippen molar-refractivity contribution in [3.8, 4) is 5.75 Å². The Labute approximate surface area is 88.0 Å². The molecule has 78 valence electrons. The van der Waals surface area contributed by atoms with E-state index in [4.69, 9.17) is 0 Å². The van der Waals surface area contributed by atoms with Crippen molar-refractivity contribution in [3.63, 3.8) is 0 Å². The van der Waals surface area contributed by atoms with Gasteiger partial charge >= 0.3 is 0 Å². The van der Waals surface area contributed by atoms with Crippen LogP contribution in [0.15, 0.2) is 18.5 Å². The minimum atomic E-state index is 0.250. The molecule has 0 spiro atoms. The van der Waals surface area contributed by atoms with E-state index < -0.39 is 0 Å². The number of nitrogens with one attached hydrogen (secondary N) is 1. The molecule has 15 heavy (non-hydrogen) atoms. The molecule has 0 unspecified atom stereocenters. The average Bonchev–Trinajstić information content (AvgIpc) is 2.26. The van der Waals surface area contributed by atoms with Crippen molar-refractivity contribution >= 4 is 16.7 Å². The molecule has 1 aromatic carbocycles. The predicted molar refractivity (Wildman–Crippen MR) is 60.1 cm³/mol. The van der Waals surface area contributed by atoms with Crippen LogP contribution in [-0.4, -0.2) is 22.1 Å². The highest BCUT2D eigenvalue weighted by atomic mass is 16.3. The predicted octanol–water partition coefficient (Wildman–Crippen LogP) is 1.94. The summed E-state index contributed by atoms with van der Waals surface area (Å²) in [6.45, 7) is 2.04. The Kier molecular flexibility index (Phi) is 2.41. The van der Waals surface area contributed by atoms with E-state index in [1.165, 1.54) is 6.33 Å². The molecule has 2 aromatic rings. The van der Waals surface area contributed by atoms with Crippen molar-refractivity contribution in [2.45, 2.75) is 13.3 Å². The molecular weight excluding hydrogens is 190 g/mol. The van der Waals surface area contributed by atoms with E-state index in [0.717, 1.165) is 28.7 Å². The van der Waals surface area contributed by atoms with Gasteiger partial charge in [-0.1, -0.05) is 6.92 Å². The van der Waals surface area contributed by atoms with E-state index in [2.05, 4.69) is 15.3 Å². The summed E-state index contributed by atoms with van der Waals surface area (Å²) >= 11 is 0.